The number of phosphoric acid groups is 1. The lowest BCUT2D eigenvalue weighted by atomic mass is 10.0. The summed E-state index contributed by atoms with van der Waals surface area (Å²) in [6.45, 7) is 3.68. The molecule has 0 aromatic carbocycles. The number of hydrogen-bond acceptors (Lipinski definition) is 8. The zero-order valence-corrected chi connectivity index (χ0v) is 54.8. The lowest BCUT2D eigenvalue weighted by Crippen LogP contribution is -2.29. The van der Waals surface area contributed by atoms with Gasteiger partial charge in [0.25, 0.3) is 0 Å². The molecule has 480 valence electrons. The van der Waals surface area contributed by atoms with Gasteiger partial charge in [-0.05, 0) is 77.0 Å². The second-order valence-corrected chi connectivity index (χ2v) is 24.5. The topological polar surface area (TPSA) is 134 Å². The number of esters is 2. The Bertz CT molecular complexity index is 1680. The summed E-state index contributed by atoms with van der Waals surface area (Å²) in [5, 5.41) is 0. The molecule has 0 bridgehead atoms. The van der Waals surface area contributed by atoms with Gasteiger partial charge >= 0.3 is 19.8 Å². The highest BCUT2D eigenvalue weighted by Gasteiger charge is 2.26. The summed E-state index contributed by atoms with van der Waals surface area (Å²) < 4.78 is 33.2. The van der Waals surface area contributed by atoms with Crippen LogP contribution in [0.1, 0.15) is 322 Å². The monoisotopic (exact) mass is 1180 g/mol. The Hall–Kier alpha value is -3.07. The molecule has 83 heavy (non-hydrogen) atoms. The summed E-state index contributed by atoms with van der Waals surface area (Å²) in [4.78, 5) is 35.3. The Morgan fingerprint density at radius 3 is 0.988 bits per heavy atom. The molecule has 0 aromatic heterocycles. The van der Waals surface area contributed by atoms with Crippen molar-refractivity contribution in [2.45, 2.75) is 328 Å². The van der Waals surface area contributed by atoms with Gasteiger partial charge in [0.2, 0.25) is 0 Å². The Kier molecular flexibility index (Phi) is 65.5. The van der Waals surface area contributed by atoms with Gasteiger partial charge in [0.1, 0.15) is 6.61 Å². The molecule has 0 fully saturated rings. The van der Waals surface area contributed by atoms with Crippen LogP contribution in [0, 0.1) is 0 Å². The van der Waals surface area contributed by atoms with Gasteiger partial charge in [-0.25, -0.2) is 4.57 Å². The molecule has 2 atom stereocenters. The maximum Gasteiger partial charge on any atom is 0.472 e. The lowest BCUT2D eigenvalue weighted by Gasteiger charge is -2.19. The number of carbonyl (C=O) groups excluding carboxylic acids is 2. The van der Waals surface area contributed by atoms with Gasteiger partial charge < -0.3 is 20.1 Å². The SMILES string of the molecule is CC/C=C\C/C=C\C/C=C\C/C=C\C/C=C\C/C=C\C/C=C\C/C=C\CCCCCCCCCCCCCCCCC(=O)OC(COC(=O)CCCCCCCCCCCCCCCCCCCCCCCCC)COP(=O)(O)OCCN. The van der Waals surface area contributed by atoms with Gasteiger partial charge in [0.05, 0.1) is 13.2 Å². The fourth-order valence-corrected chi connectivity index (χ4v) is 10.7. The molecule has 2 unspecified atom stereocenters. The molecule has 0 saturated heterocycles. The molecule has 0 aromatic rings. The molecule has 0 spiro atoms. The van der Waals surface area contributed by atoms with Crippen LogP contribution in [0.25, 0.3) is 0 Å². The second-order valence-electron chi connectivity index (χ2n) is 23.0. The smallest absolute Gasteiger partial charge is 0.462 e. The third-order valence-corrected chi connectivity index (χ3v) is 16.0. The van der Waals surface area contributed by atoms with Crippen LogP contribution in [-0.4, -0.2) is 49.3 Å². The average Bonchev–Trinajstić information content (AvgIpc) is 3.48. The highest BCUT2D eigenvalue weighted by molar-refractivity contribution is 7.47. The predicted molar refractivity (Wildman–Crippen MR) is 358 cm³/mol. The fraction of sp³-hybridized carbons (Fsp3) is 0.753. The summed E-state index contributed by atoms with van der Waals surface area (Å²) in [5.41, 5.74) is 5.40. The minimum Gasteiger partial charge on any atom is -0.462 e. The van der Waals surface area contributed by atoms with E-state index in [0.717, 1.165) is 89.9 Å². The first-order valence-electron chi connectivity index (χ1n) is 34.7. The van der Waals surface area contributed by atoms with Crippen LogP contribution in [0.15, 0.2) is 97.2 Å². The van der Waals surface area contributed by atoms with E-state index in [9.17, 15) is 19.0 Å². The molecule has 0 aliphatic carbocycles. The number of nitrogens with two attached hydrogens (primary N) is 1. The highest BCUT2D eigenvalue weighted by atomic mass is 31.2. The van der Waals surface area contributed by atoms with E-state index in [1.54, 1.807) is 0 Å². The number of rotatable bonds is 65. The van der Waals surface area contributed by atoms with Crippen LogP contribution >= 0.6 is 7.82 Å². The second kappa shape index (κ2) is 68.0. The molecule has 0 rings (SSSR count). The van der Waals surface area contributed by atoms with Crippen molar-refractivity contribution >= 4 is 19.8 Å². The Labute approximate surface area is 512 Å². The minimum atomic E-state index is -4.39. The third kappa shape index (κ3) is 67.9. The Balaban J connectivity index is 3.88. The normalized spacial score (nSPS) is 13.5. The summed E-state index contributed by atoms with van der Waals surface area (Å²) in [6, 6.07) is 0. The Morgan fingerprint density at radius 2 is 0.663 bits per heavy atom. The van der Waals surface area contributed by atoms with E-state index in [2.05, 4.69) is 111 Å². The standard InChI is InChI=1S/C73H130NO8P/c1-3-5-7-9-11-13-15-17-19-21-23-25-27-28-29-30-31-32-33-34-35-36-37-38-39-40-41-42-44-46-48-50-52-54-56-58-60-62-64-66-73(76)82-71(70-81-83(77,78)80-68-67-74)69-79-72(75)65-63-61-59-57-55-53-51-49-47-45-43-26-24-22-20-18-16-14-12-10-8-6-4-2/h5,7,11,13,17,19,23,25,28-29,31-32,34-35,37-38,71H,3-4,6,8-10,12,14-16,18,20-22,24,26-27,30,33,36,39-70,74H2,1-2H3,(H,77,78)/b7-5-,13-11-,19-17-,25-23-,29-28-,32-31-,35-34-,38-37-. The zero-order chi connectivity index (χ0) is 60.1. The van der Waals surface area contributed by atoms with Gasteiger partial charge in [-0.2, -0.15) is 0 Å². The molecular formula is C73H130NO8P. The van der Waals surface area contributed by atoms with Crippen molar-refractivity contribution in [3.63, 3.8) is 0 Å². The minimum absolute atomic E-state index is 0.0523. The average molecular weight is 1180 g/mol. The van der Waals surface area contributed by atoms with Gasteiger partial charge in [-0.1, -0.05) is 329 Å². The van der Waals surface area contributed by atoms with Crippen LogP contribution in [-0.2, 0) is 32.7 Å². The highest BCUT2D eigenvalue weighted by Crippen LogP contribution is 2.43. The van der Waals surface area contributed by atoms with Gasteiger partial charge in [0, 0.05) is 19.4 Å². The number of unbranched alkanes of at least 4 members (excludes halogenated alkanes) is 36. The van der Waals surface area contributed by atoms with Crippen molar-refractivity contribution in [2.24, 2.45) is 5.73 Å². The van der Waals surface area contributed by atoms with Crippen LogP contribution < -0.4 is 5.73 Å². The number of ether oxygens (including phenoxy) is 2. The van der Waals surface area contributed by atoms with E-state index in [4.69, 9.17) is 24.3 Å². The molecule has 10 heteroatoms. The number of phosphoric ester groups is 1. The fourth-order valence-electron chi connectivity index (χ4n) is 9.89. The summed E-state index contributed by atoms with van der Waals surface area (Å²) >= 11 is 0. The molecule has 9 nitrogen and oxygen atoms in total. The van der Waals surface area contributed by atoms with E-state index < -0.39 is 26.5 Å². The molecular weight excluding hydrogens is 1050 g/mol. The van der Waals surface area contributed by atoms with Crippen molar-refractivity contribution in [3.05, 3.63) is 97.2 Å². The van der Waals surface area contributed by atoms with Crippen molar-refractivity contribution in [1.82, 2.24) is 0 Å². The van der Waals surface area contributed by atoms with Crippen molar-refractivity contribution < 1.29 is 37.6 Å². The van der Waals surface area contributed by atoms with Crippen LogP contribution in [0.3, 0.4) is 0 Å². The van der Waals surface area contributed by atoms with Crippen LogP contribution in [0.4, 0.5) is 0 Å². The molecule has 0 aliphatic heterocycles. The number of hydrogen-bond donors (Lipinski definition) is 2. The molecule has 0 heterocycles. The predicted octanol–water partition coefficient (Wildman–Crippen LogP) is 22.7. The summed E-state index contributed by atoms with van der Waals surface area (Å²) in [6.07, 6.45) is 92.1. The molecule has 0 aliphatic rings. The Morgan fingerprint density at radius 1 is 0.373 bits per heavy atom. The largest absolute Gasteiger partial charge is 0.472 e. The first-order valence-corrected chi connectivity index (χ1v) is 36.2. The van der Waals surface area contributed by atoms with Crippen LogP contribution in [0.2, 0.25) is 0 Å². The first-order chi connectivity index (χ1) is 40.8. The van der Waals surface area contributed by atoms with Gasteiger partial charge in [-0.3, -0.25) is 18.6 Å². The van der Waals surface area contributed by atoms with Crippen LogP contribution in [0.5, 0.6) is 0 Å². The molecule has 3 N–H and O–H groups in total. The molecule has 0 radical (unpaired) electrons. The van der Waals surface area contributed by atoms with Crippen molar-refractivity contribution in [1.29, 1.82) is 0 Å². The lowest BCUT2D eigenvalue weighted by molar-refractivity contribution is -0.161. The van der Waals surface area contributed by atoms with Crippen molar-refractivity contribution in [2.75, 3.05) is 26.4 Å². The summed E-state index contributed by atoms with van der Waals surface area (Å²) in [5.74, 6) is -0.816. The van der Waals surface area contributed by atoms with E-state index in [0.29, 0.717) is 6.42 Å². The van der Waals surface area contributed by atoms with E-state index >= 15 is 0 Å². The maximum atomic E-state index is 12.8. The third-order valence-electron chi connectivity index (χ3n) is 15.0. The summed E-state index contributed by atoms with van der Waals surface area (Å²) in [7, 11) is -4.39. The maximum absolute atomic E-state index is 12.8. The van der Waals surface area contributed by atoms with E-state index in [1.807, 2.05) is 0 Å². The van der Waals surface area contributed by atoms with Gasteiger partial charge in [0.15, 0.2) is 6.10 Å². The molecule has 0 saturated carbocycles. The zero-order valence-electron chi connectivity index (χ0n) is 53.9. The quantitative estimate of drug-likeness (QED) is 0.0264. The van der Waals surface area contributed by atoms with Gasteiger partial charge in [-0.15, -0.1) is 0 Å². The van der Waals surface area contributed by atoms with Crippen molar-refractivity contribution in [3.8, 4) is 0 Å². The number of carbonyl (C=O) groups is 2. The molecule has 0 amide bonds. The van der Waals surface area contributed by atoms with E-state index in [-0.39, 0.29) is 38.6 Å². The first kappa shape index (κ1) is 79.9. The van der Waals surface area contributed by atoms with E-state index in [1.165, 1.54) is 199 Å². The number of allylic oxidation sites excluding steroid dienone is 16.